The standard InChI is InChI=1S/C13H17BrN4O2S/c1-18-12(19)16-17-13(18)21-11-4-3-10(14)7-9(11)8-15-5-6-20-2/h3-4,7,15H,5-6,8H2,1-2H3,(H,16,19). The highest BCUT2D eigenvalue weighted by molar-refractivity contribution is 9.10. The van der Waals surface area contributed by atoms with Gasteiger partial charge in [0.1, 0.15) is 0 Å². The van der Waals surface area contributed by atoms with E-state index >= 15 is 0 Å². The second-order valence-corrected chi connectivity index (χ2v) is 6.32. The van der Waals surface area contributed by atoms with Crippen LogP contribution in [0.2, 0.25) is 0 Å². The Morgan fingerprint density at radius 2 is 2.33 bits per heavy atom. The Morgan fingerprint density at radius 1 is 1.52 bits per heavy atom. The van der Waals surface area contributed by atoms with Gasteiger partial charge in [0, 0.05) is 36.6 Å². The van der Waals surface area contributed by atoms with Crippen molar-refractivity contribution in [1.29, 1.82) is 0 Å². The minimum atomic E-state index is -0.214. The van der Waals surface area contributed by atoms with Crippen LogP contribution in [0.4, 0.5) is 0 Å². The first-order valence-corrected chi connectivity index (χ1v) is 8.00. The molecular formula is C13H17BrN4O2S. The lowest BCUT2D eigenvalue weighted by atomic mass is 10.2. The fourth-order valence-corrected chi connectivity index (χ4v) is 3.02. The fraction of sp³-hybridized carbons (Fsp3) is 0.385. The highest BCUT2D eigenvalue weighted by Gasteiger charge is 2.10. The molecule has 8 heteroatoms. The van der Waals surface area contributed by atoms with E-state index in [9.17, 15) is 4.79 Å². The molecule has 0 aliphatic carbocycles. The molecule has 114 valence electrons. The van der Waals surface area contributed by atoms with Gasteiger partial charge in [-0.3, -0.25) is 4.57 Å². The third-order valence-corrected chi connectivity index (χ3v) is 4.52. The van der Waals surface area contributed by atoms with Crippen molar-refractivity contribution in [3.8, 4) is 0 Å². The summed E-state index contributed by atoms with van der Waals surface area (Å²) in [5.41, 5.74) is 0.926. The molecule has 6 nitrogen and oxygen atoms in total. The molecule has 0 saturated carbocycles. The summed E-state index contributed by atoms with van der Waals surface area (Å²) >= 11 is 4.95. The first kappa shape index (κ1) is 16.3. The number of H-pyrrole nitrogens is 1. The number of benzene rings is 1. The molecule has 0 fully saturated rings. The lowest BCUT2D eigenvalue weighted by Gasteiger charge is -2.10. The van der Waals surface area contributed by atoms with Gasteiger partial charge in [-0.1, -0.05) is 15.9 Å². The van der Waals surface area contributed by atoms with E-state index in [4.69, 9.17) is 4.74 Å². The number of nitrogens with one attached hydrogen (secondary N) is 2. The molecule has 1 aromatic carbocycles. The Balaban J connectivity index is 2.14. The number of ether oxygens (including phenoxy) is 1. The van der Waals surface area contributed by atoms with Crippen LogP contribution in [0.15, 0.2) is 37.5 Å². The maximum Gasteiger partial charge on any atom is 0.343 e. The van der Waals surface area contributed by atoms with Crippen LogP contribution < -0.4 is 11.0 Å². The monoisotopic (exact) mass is 372 g/mol. The topological polar surface area (TPSA) is 71.9 Å². The van der Waals surface area contributed by atoms with Crippen molar-refractivity contribution in [2.24, 2.45) is 7.05 Å². The highest BCUT2D eigenvalue weighted by atomic mass is 79.9. The number of nitrogens with zero attached hydrogens (tertiary/aromatic N) is 2. The van der Waals surface area contributed by atoms with E-state index in [0.29, 0.717) is 11.8 Å². The van der Waals surface area contributed by atoms with Gasteiger partial charge in [0.25, 0.3) is 0 Å². The molecule has 0 bridgehead atoms. The van der Waals surface area contributed by atoms with Gasteiger partial charge in [-0.2, -0.15) is 0 Å². The molecule has 2 aromatic rings. The van der Waals surface area contributed by atoms with Crippen LogP contribution in [0.1, 0.15) is 5.56 Å². The molecule has 21 heavy (non-hydrogen) atoms. The van der Waals surface area contributed by atoms with Gasteiger partial charge < -0.3 is 10.1 Å². The zero-order valence-electron chi connectivity index (χ0n) is 11.9. The van der Waals surface area contributed by atoms with Crippen LogP contribution in [0, 0.1) is 0 Å². The molecule has 0 atom stereocenters. The molecular weight excluding hydrogens is 356 g/mol. The second kappa shape index (κ2) is 7.79. The first-order valence-electron chi connectivity index (χ1n) is 6.39. The zero-order valence-corrected chi connectivity index (χ0v) is 14.3. The fourth-order valence-electron chi connectivity index (χ4n) is 1.71. The van der Waals surface area contributed by atoms with E-state index in [1.54, 1.807) is 14.2 Å². The van der Waals surface area contributed by atoms with Crippen LogP contribution in [0.25, 0.3) is 0 Å². The smallest absolute Gasteiger partial charge is 0.343 e. The maximum atomic E-state index is 11.4. The zero-order chi connectivity index (χ0) is 15.2. The molecule has 2 rings (SSSR count). The summed E-state index contributed by atoms with van der Waals surface area (Å²) in [5, 5.41) is 10.4. The van der Waals surface area contributed by atoms with Crippen molar-refractivity contribution >= 4 is 27.7 Å². The van der Waals surface area contributed by atoms with Gasteiger partial charge in [-0.25, -0.2) is 9.89 Å². The molecule has 0 aliphatic rings. The number of halogens is 1. The molecule has 2 N–H and O–H groups in total. The van der Waals surface area contributed by atoms with Crippen molar-refractivity contribution in [3.63, 3.8) is 0 Å². The van der Waals surface area contributed by atoms with Crippen LogP contribution in [-0.4, -0.2) is 35.0 Å². The summed E-state index contributed by atoms with van der Waals surface area (Å²) in [6.07, 6.45) is 0. The minimum Gasteiger partial charge on any atom is -0.383 e. The van der Waals surface area contributed by atoms with Crippen LogP contribution >= 0.6 is 27.7 Å². The van der Waals surface area contributed by atoms with Crippen molar-refractivity contribution in [3.05, 3.63) is 38.7 Å². The summed E-state index contributed by atoms with van der Waals surface area (Å²) in [6, 6.07) is 6.06. The van der Waals surface area contributed by atoms with Crippen LogP contribution in [0.3, 0.4) is 0 Å². The molecule has 0 amide bonds. The SMILES string of the molecule is COCCNCc1cc(Br)ccc1Sc1n[nH]c(=O)n1C. The predicted molar refractivity (Wildman–Crippen MR) is 85.7 cm³/mol. The largest absolute Gasteiger partial charge is 0.383 e. The predicted octanol–water partition coefficient (Wildman–Crippen LogP) is 1.76. The number of aromatic amines is 1. The summed E-state index contributed by atoms with van der Waals surface area (Å²) in [4.78, 5) is 12.5. The van der Waals surface area contributed by atoms with Crippen molar-refractivity contribution in [2.75, 3.05) is 20.3 Å². The minimum absolute atomic E-state index is 0.214. The average Bonchev–Trinajstić information content (AvgIpc) is 2.78. The Kier molecular flexibility index (Phi) is 6.04. The number of hydrogen-bond donors (Lipinski definition) is 2. The number of aromatic nitrogens is 3. The number of rotatable bonds is 7. The van der Waals surface area contributed by atoms with E-state index in [1.165, 1.54) is 16.3 Å². The van der Waals surface area contributed by atoms with Gasteiger partial charge in [0.2, 0.25) is 0 Å². The highest BCUT2D eigenvalue weighted by Crippen LogP contribution is 2.30. The van der Waals surface area contributed by atoms with Gasteiger partial charge in [0.05, 0.1) is 6.61 Å². The Hall–Kier alpha value is -1.09. The molecule has 0 saturated heterocycles. The third-order valence-electron chi connectivity index (χ3n) is 2.86. The Bertz CT molecular complexity index is 656. The van der Waals surface area contributed by atoms with Crippen molar-refractivity contribution in [1.82, 2.24) is 20.1 Å². The molecule has 0 spiro atoms. The molecule has 1 aromatic heterocycles. The summed E-state index contributed by atoms with van der Waals surface area (Å²) in [6.45, 7) is 2.18. The van der Waals surface area contributed by atoms with Gasteiger partial charge in [-0.05, 0) is 35.5 Å². The van der Waals surface area contributed by atoms with Gasteiger partial charge in [0.15, 0.2) is 5.16 Å². The molecule has 0 aliphatic heterocycles. The van der Waals surface area contributed by atoms with Crippen LogP contribution in [-0.2, 0) is 18.3 Å². The molecule has 1 heterocycles. The number of methoxy groups -OCH3 is 1. The Labute approximate surface area is 135 Å². The van der Waals surface area contributed by atoms with Gasteiger partial charge >= 0.3 is 5.69 Å². The van der Waals surface area contributed by atoms with E-state index in [2.05, 4.69) is 37.5 Å². The molecule has 0 unspecified atom stereocenters. The number of hydrogen-bond acceptors (Lipinski definition) is 5. The van der Waals surface area contributed by atoms with Crippen LogP contribution in [0.5, 0.6) is 0 Å². The lowest BCUT2D eigenvalue weighted by Crippen LogP contribution is -2.19. The first-order chi connectivity index (χ1) is 10.1. The summed E-state index contributed by atoms with van der Waals surface area (Å²) < 4.78 is 7.53. The van der Waals surface area contributed by atoms with E-state index < -0.39 is 0 Å². The van der Waals surface area contributed by atoms with Crippen molar-refractivity contribution in [2.45, 2.75) is 16.6 Å². The third kappa shape index (κ3) is 4.44. The van der Waals surface area contributed by atoms with E-state index in [1.807, 2.05) is 12.1 Å². The van der Waals surface area contributed by atoms with E-state index in [0.717, 1.165) is 28.0 Å². The van der Waals surface area contributed by atoms with Gasteiger partial charge in [-0.15, -0.1) is 5.10 Å². The lowest BCUT2D eigenvalue weighted by molar-refractivity contribution is 0.199. The van der Waals surface area contributed by atoms with Crippen molar-refractivity contribution < 1.29 is 4.74 Å². The maximum absolute atomic E-state index is 11.4. The van der Waals surface area contributed by atoms with E-state index in [-0.39, 0.29) is 5.69 Å². The normalized spacial score (nSPS) is 11.0. The second-order valence-electron chi connectivity index (χ2n) is 4.39. The molecule has 0 radical (unpaired) electrons. The quantitative estimate of drug-likeness (QED) is 0.724. The summed E-state index contributed by atoms with van der Waals surface area (Å²) in [5.74, 6) is 0. The Morgan fingerprint density at radius 3 is 3.00 bits per heavy atom. The average molecular weight is 373 g/mol. The summed E-state index contributed by atoms with van der Waals surface area (Å²) in [7, 11) is 3.38.